The van der Waals surface area contributed by atoms with Gasteiger partial charge in [-0.2, -0.15) is 0 Å². The van der Waals surface area contributed by atoms with E-state index in [0.717, 1.165) is 35.4 Å². The number of benzene rings is 1. The molecule has 1 atom stereocenters. The van der Waals surface area contributed by atoms with Crippen LogP contribution in [0, 0.1) is 0 Å². The summed E-state index contributed by atoms with van der Waals surface area (Å²) in [5, 5.41) is 0.637. The minimum atomic E-state index is -0.0967. The monoisotopic (exact) mass is 303 g/mol. The zero-order valence-electron chi connectivity index (χ0n) is 12.4. The Morgan fingerprint density at radius 3 is 2.62 bits per heavy atom. The Bertz CT molecular complexity index is 637. The molecule has 0 bridgehead atoms. The molecule has 1 heterocycles. The van der Waals surface area contributed by atoms with Gasteiger partial charge in [-0.15, -0.1) is 0 Å². The SMILES string of the molecule is CCCc1cc(=O)[nH]c(Sc2ccc(C(N)CC)cc2)n1. The van der Waals surface area contributed by atoms with Crippen LogP contribution in [0.1, 0.15) is 44.0 Å². The van der Waals surface area contributed by atoms with E-state index in [9.17, 15) is 4.79 Å². The van der Waals surface area contributed by atoms with Gasteiger partial charge in [-0.25, -0.2) is 4.98 Å². The van der Waals surface area contributed by atoms with E-state index in [1.54, 1.807) is 6.07 Å². The van der Waals surface area contributed by atoms with Crippen LogP contribution in [0.5, 0.6) is 0 Å². The number of aryl methyl sites for hydroxylation is 1. The molecule has 0 spiro atoms. The quantitative estimate of drug-likeness (QED) is 0.803. The van der Waals surface area contributed by atoms with E-state index >= 15 is 0 Å². The molecule has 112 valence electrons. The molecule has 1 aromatic carbocycles. The Balaban J connectivity index is 2.16. The van der Waals surface area contributed by atoms with E-state index in [-0.39, 0.29) is 11.6 Å². The Hall–Kier alpha value is -1.59. The average Bonchev–Trinajstić information content (AvgIpc) is 2.47. The van der Waals surface area contributed by atoms with Crippen LogP contribution in [-0.4, -0.2) is 9.97 Å². The maximum absolute atomic E-state index is 11.6. The van der Waals surface area contributed by atoms with Gasteiger partial charge in [0.05, 0.1) is 0 Å². The van der Waals surface area contributed by atoms with Gasteiger partial charge >= 0.3 is 0 Å². The van der Waals surface area contributed by atoms with Crippen molar-refractivity contribution in [1.29, 1.82) is 0 Å². The van der Waals surface area contributed by atoms with Crippen molar-refractivity contribution in [2.24, 2.45) is 5.73 Å². The van der Waals surface area contributed by atoms with E-state index in [1.165, 1.54) is 11.8 Å². The first-order valence-corrected chi connectivity index (χ1v) is 8.07. The predicted molar refractivity (Wildman–Crippen MR) is 86.6 cm³/mol. The van der Waals surface area contributed by atoms with Gasteiger partial charge in [0.1, 0.15) is 0 Å². The summed E-state index contributed by atoms with van der Waals surface area (Å²) in [5.74, 6) is 0. The third-order valence-corrected chi connectivity index (χ3v) is 4.14. The predicted octanol–water partition coefficient (Wildman–Crippen LogP) is 3.28. The Kier molecular flexibility index (Phi) is 5.59. The zero-order valence-corrected chi connectivity index (χ0v) is 13.2. The van der Waals surface area contributed by atoms with Crippen LogP contribution in [-0.2, 0) is 6.42 Å². The van der Waals surface area contributed by atoms with Gasteiger partial charge < -0.3 is 10.7 Å². The standard InChI is InChI=1S/C16H21N3OS/c1-3-5-12-10-15(20)19-16(18-12)21-13-8-6-11(7-9-13)14(17)4-2/h6-10,14H,3-5,17H2,1-2H3,(H,18,19,20). The van der Waals surface area contributed by atoms with Crippen LogP contribution in [0.25, 0.3) is 0 Å². The molecule has 0 amide bonds. The number of nitrogens with one attached hydrogen (secondary N) is 1. The van der Waals surface area contributed by atoms with Gasteiger partial charge in [-0.05, 0) is 30.5 Å². The summed E-state index contributed by atoms with van der Waals surface area (Å²) in [6.07, 6.45) is 2.71. The second-order valence-electron chi connectivity index (χ2n) is 4.98. The van der Waals surface area contributed by atoms with E-state index in [4.69, 9.17) is 5.73 Å². The number of aromatic amines is 1. The molecular formula is C16H21N3OS. The van der Waals surface area contributed by atoms with Crippen molar-refractivity contribution < 1.29 is 0 Å². The highest BCUT2D eigenvalue weighted by molar-refractivity contribution is 7.99. The van der Waals surface area contributed by atoms with Gasteiger partial charge in [0.25, 0.3) is 5.56 Å². The molecule has 0 aliphatic rings. The molecule has 0 saturated heterocycles. The lowest BCUT2D eigenvalue weighted by Gasteiger charge is -2.09. The molecule has 5 heteroatoms. The van der Waals surface area contributed by atoms with E-state index in [1.807, 2.05) is 24.3 Å². The minimum Gasteiger partial charge on any atom is -0.324 e. The third kappa shape index (κ3) is 4.44. The molecule has 4 nitrogen and oxygen atoms in total. The number of hydrogen-bond acceptors (Lipinski definition) is 4. The number of H-pyrrole nitrogens is 1. The zero-order chi connectivity index (χ0) is 15.2. The van der Waals surface area contributed by atoms with Gasteiger partial charge in [-0.3, -0.25) is 4.79 Å². The largest absolute Gasteiger partial charge is 0.324 e. The molecule has 0 saturated carbocycles. The van der Waals surface area contributed by atoms with Crippen molar-refractivity contribution in [2.75, 3.05) is 0 Å². The van der Waals surface area contributed by atoms with E-state index in [0.29, 0.717) is 5.16 Å². The van der Waals surface area contributed by atoms with Crippen molar-refractivity contribution in [1.82, 2.24) is 9.97 Å². The third-order valence-electron chi connectivity index (χ3n) is 3.24. The molecule has 3 N–H and O–H groups in total. The van der Waals surface area contributed by atoms with E-state index < -0.39 is 0 Å². The second kappa shape index (κ2) is 7.43. The summed E-state index contributed by atoms with van der Waals surface area (Å²) in [6, 6.07) is 9.74. The first-order valence-electron chi connectivity index (χ1n) is 7.26. The molecule has 0 aliphatic heterocycles. The molecule has 0 fully saturated rings. The smallest absolute Gasteiger partial charge is 0.251 e. The number of hydrogen-bond donors (Lipinski definition) is 2. The summed E-state index contributed by atoms with van der Waals surface area (Å²) >= 11 is 1.46. The normalized spacial score (nSPS) is 12.3. The number of rotatable bonds is 6. The van der Waals surface area contributed by atoms with Crippen molar-refractivity contribution in [3.8, 4) is 0 Å². The fourth-order valence-corrected chi connectivity index (χ4v) is 2.86. The fraction of sp³-hybridized carbons (Fsp3) is 0.375. The summed E-state index contributed by atoms with van der Waals surface area (Å²) in [6.45, 7) is 4.15. The topological polar surface area (TPSA) is 71.8 Å². The molecule has 0 aliphatic carbocycles. The average molecular weight is 303 g/mol. The number of nitrogens with two attached hydrogens (primary N) is 1. The van der Waals surface area contributed by atoms with Crippen LogP contribution in [0.3, 0.4) is 0 Å². The fourth-order valence-electron chi connectivity index (χ4n) is 2.05. The molecule has 0 radical (unpaired) electrons. The highest BCUT2D eigenvalue weighted by atomic mass is 32.2. The summed E-state index contributed by atoms with van der Waals surface area (Å²) in [5.41, 5.74) is 7.88. The van der Waals surface area contributed by atoms with Gasteiger partial charge in [0.15, 0.2) is 5.16 Å². The van der Waals surface area contributed by atoms with Crippen molar-refractivity contribution in [3.05, 3.63) is 51.9 Å². The minimum absolute atomic E-state index is 0.0786. The lowest BCUT2D eigenvalue weighted by molar-refractivity contribution is 0.698. The van der Waals surface area contributed by atoms with Crippen LogP contribution in [0.4, 0.5) is 0 Å². The highest BCUT2D eigenvalue weighted by Gasteiger charge is 2.06. The summed E-state index contributed by atoms with van der Waals surface area (Å²) < 4.78 is 0. The molecular weight excluding hydrogens is 282 g/mol. The van der Waals surface area contributed by atoms with Crippen LogP contribution in [0.15, 0.2) is 45.2 Å². The molecule has 2 rings (SSSR count). The summed E-state index contributed by atoms with van der Waals surface area (Å²) in [4.78, 5) is 19.9. The van der Waals surface area contributed by atoms with Crippen LogP contribution < -0.4 is 11.3 Å². The maximum atomic E-state index is 11.6. The van der Waals surface area contributed by atoms with Crippen LogP contribution >= 0.6 is 11.8 Å². The Morgan fingerprint density at radius 1 is 1.29 bits per heavy atom. The lowest BCUT2D eigenvalue weighted by atomic mass is 10.1. The van der Waals surface area contributed by atoms with Crippen molar-refractivity contribution >= 4 is 11.8 Å². The Morgan fingerprint density at radius 2 is 2.00 bits per heavy atom. The molecule has 21 heavy (non-hydrogen) atoms. The Labute approximate surface area is 129 Å². The lowest BCUT2D eigenvalue weighted by Crippen LogP contribution is -2.10. The van der Waals surface area contributed by atoms with Gasteiger partial charge in [0, 0.05) is 22.7 Å². The van der Waals surface area contributed by atoms with Gasteiger partial charge in [-0.1, -0.05) is 44.2 Å². The second-order valence-corrected chi connectivity index (χ2v) is 6.04. The van der Waals surface area contributed by atoms with Crippen LogP contribution in [0.2, 0.25) is 0 Å². The highest BCUT2D eigenvalue weighted by Crippen LogP contribution is 2.25. The molecule has 1 aromatic heterocycles. The number of nitrogens with zero attached hydrogens (tertiary/aromatic N) is 1. The van der Waals surface area contributed by atoms with Gasteiger partial charge in [0.2, 0.25) is 0 Å². The maximum Gasteiger partial charge on any atom is 0.251 e. The van der Waals surface area contributed by atoms with E-state index in [2.05, 4.69) is 23.8 Å². The number of aromatic nitrogens is 2. The first-order chi connectivity index (χ1) is 10.1. The van der Waals surface area contributed by atoms with Crippen molar-refractivity contribution in [3.63, 3.8) is 0 Å². The molecule has 2 aromatic rings. The molecule has 1 unspecified atom stereocenters. The summed E-state index contributed by atoms with van der Waals surface area (Å²) in [7, 11) is 0. The van der Waals surface area contributed by atoms with Crippen molar-refractivity contribution in [2.45, 2.75) is 49.2 Å². The first kappa shape index (κ1) is 15.8.